The average molecular weight is 310 g/mol. The number of anilines is 1. The minimum Gasteiger partial charge on any atom is -0.389 e. The predicted octanol–water partition coefficient (Wildman–Crippen LogP) is 2.62. The SMILES string of the molecule is Cc1ncsc1CCOCC(O)CNc1cccc(F)c1. The standard InChI is InChI=1S/C15H19FN2O2S/c1-11-15(21-10-18-11)5-6-20-9-14(19)8-17-13-4-2-3-12(16)7-13/h2-4,7,10,14,17,19H,5-6,8-9H2,1H3. The van der Waals surface area contributed by atoms with Crippen LogP contribution in [0.1, 0.15) is 10.6 Å². The van der Waals surface area contributed by atoms with Crippen LogP contribution in [0.5, 0.6) is 0 Å². The van der Waals surface area contributed by atoms with Gasteiger partial charge in [-0.15, -0.1) is 11.3 Å². The van der Waals surface area contributed by atoms with Gasteiger partial charge in [-0.1, -0.05) is 6.07 Å². The van der Waals surface area contributed by atoms with Gasteiger partial charge < -0.3 is 15.2 Å². The number of aromatic nitrogens is 1. The summed E-state index contributed by atoms with van der Waals surface area (Å²) < 4.78 is 18.4. The Morgan fingerprint density at radius 2 is 2.33 bits per heavy atom. The molecule has 21 heavy (non-hydrogen) atoms. The Hall–Kier alpha value is -1.50. The van der Waals surface area contributed by atoms with Crippen LogP contribution in [0.2, 0.25) is 0 Å². The molecule has 0 saturated heterocycles. The Bertz CT molecular complexity index is 562. The van der Waals surface area contributed by atoms with Gasteiger partial charge >= 0.3 is 0 Å². The molecule has 0 bridgehead atoms. The molecule has 2 aromatic rings. The van der Waals surface area contributed by atoms with Gasteiger partial charge in [-0.05, 0) is 25.1 Å². The van der Waals surface area contributed by atoms with E-state index in [9.17, 15) is 9.50 Å². The second-order valence-electron chi connectivity index (χ2n) is 4.73. The lowest BCUT2D eigenvalue weighted by atomic mass is 10.3. The highest BCUT2D eigenvalue weighted by atomic mass is 32.1. The van der Waals surface area contributed by atoms with Crippen molar-refractivity contribution in [3.8, 4) is 0 Å². The normalized spacial score (nSPS) is 12.3. The molecule has 4 nitrogen and oxygen atoms in total. The number of halogens is 1. The van der Waals surface area contributed by atoms with Crippen LogP contribution in [0.3, 0.4) is 0 Å². The molecule has 0 aliphatic rings. The van der Waals surface area contributed by atoms with Gasteiger partial charge in [-0.25, -0.2) is 9.37 Å². The number of hydrogen-bond donors (Lipinski definition) is 2. The minimum atomic E-state index is -0.629. The summed E-state index contributed by atoms with van der Waals surface area (Å²) in [5.74, 6) is -0.300. The fourth-order valence-electron chi connectivity index (χ4n) is 1.84. The molecular weight excluding hydrogens is 291 g/mol. The van der Waals surface area contributed by atoms with E-state index >= 15 is 0 Å². The zero-order valence-electron chi connectivity index (χ0n) is 11.9. The third-order valence-corrected chi connectivity index (χ3v) is 3.99. The summed E-state index contributed by atoms with van der Waals surface area (Å²) in [6, 6.07) is 6.15. The van der Waals surface area contributed by atoms with Crippen LogP contribution in [0, 0.1) is 12.7 Å². The molecule has 0 radical (unpaired) electrons. The van der Waals surface area contributed by atoms with Crippen LogP contribution in [-0.4, -0.2) is 36.0 Å². The molecule has 0 amide bonds. The van der Waals surface area contributed by atoms with Crippen molar-refractivity contribution in [1.29, 1.82) is 0 Å². The summed E-state index contributed by atoms with van der Waals surface area (Å²) in [6.07, 6.45) is 0.177. The molecule has 0 aliphatic heterocycles. The molecule has 0 saturated carbocycles. The van der Waals surface area contributed by atoms with Gasteiger partial charge in [0.2, 0.25) is 0 Å². The van der Waals surface area contributed by atoms with Crippen molar-refractivity contribution in [1.82, 2.24) is 4.98 Å². The molecule has 1 atom stereocenters. The van der Waals surface area contributed by atoms with Crippen LogP contribution in [-0.2, 0) is 11.2 Å². The Labute approximate surface area is 127 Å². The highest BCUT2D eigenvalue weighted by molar-refractivity contribution is 7.09. The fraction of sp³-hybridized carbons (Fsp3) is 0.400. The van der Waals surface area contributed by atoms with E-state index in [2.05, 4.69) is 10.3 Å². The fourth-order valence-corrected chi connectivity index (χ4v) is 2.61. The smallest absolute Gasteiger partial charge is 0.125 e. The quantitative estimate of drug-likeness (QED) is 0.736. The highest BCUT2D eigenvalue weighted by Gasteiger charge is 2.06. The molecule has 1 unspecified atom stereocenters. The first-order chi connectivity index (χ1) is 10.1. The Morgan fingerprint density at radius 3 is 3.05 bits per heavy atom. The topological polar surface area (TPSA) is 54.4 Å². The maximum absolute atomic E-state index is 13.0. The van der Waals surface area contributed by atoms with Crippen molar-refractivity contribution < 1.29 is 14.2 Å². The molecule has 2 rings (SSSR count). The molecule has 6 heteroatoms. The predicted molar refractivity (Wildman–Crippen MR) is 82.3 cm³/mol. The number of ether oxygens (including phenoxy) is 1. The summed E-state index contributed by atoms with van der Waals surface area (Å²) in [5.41, 5.74) is 3.51. The van der Waals surface area contributed by atoms with Crippen molar-refractivity contribution in [2.24, 2.45) is 0 Å². The van der Waals surface area contributed by atoms with Gasteiger partial charge in [0.1, 0.15) is 5.82 Å². The third-order valence-electron chi connectivity index (χ3n) is 2.99. The van der Waals surface area contributed by atoms with Crippen molar-refractivity contribution in [3.63, 3.8) is 0 Å². The van der Waals surface area contributed by atoms with Crippen molar-refractivity contribution in [2.75, 3.05) is 25.1 Å². The monoisotopic (exact) mass is 310 g/mol. The van der Waals surface area contributed by atoms with Gasteiger partial charge in [0, 0.05) is 23.5 Å². The zero-order valence-corrected chi connectivity index (χ0v) is 12.7. The number of aryl methyl sites for hydroxylation is 1. The number of nitrogens with one attached hydrogen (secondary N) is 1. The first kappa shape index (κ1) is 15.9. The zero-order chi connectivity index (χ0) is 15.1. The largest absolute Gasteiger partial charge is 0.389 e. The summed E-state index contributed by atoms with van der Waals surface area (Å²) in [5, 5.41) is 12.8. The Morgan fingerprint density at radius 1 is 1.48 bits per heavy atom. The number of hydrogen-bond acceptors (Lipinski definition) is 5. The van der Waals surface area contributed by atoms with Gasteiger partial charge in [-0.2, -0.15) is 0 Å². The highest BCUT2D eigenvalue weighted by Crippen LogP contribution is 2.12. The summed E-state index contributed by atoms with van der Waals surface area (Å²) in [6.45, 7) is 3.10. The van der Waals surface area contributed by atoms with E-state index in [1.54, 1.807) is 23.5 Å². The molecule has 0 spiro atoms. The number of thiazole rings is 1. The Kier molecular flexibility index (Phi) is 6.10. The van der Waals surface area contributed by atoms with Gasteiger partial charge in [-0.3, -0.25) is 0 Å². The first-order valence-corrected chi connectivity index (χ1v) is 7.67. The van der Waals surface area contributed by atoms with Crippen LogP contribution in [0.25, 0.3) is 0 Å². The van der Waals surface area contributed by atoms with Crippen LogP contribution in [0.15, 0.2) is 29.8 Å². The van der Waals surface area contributed by atoms with E-state index in [0.717, 1.165) is 12.1 Å². The van der Waals surface area contributed by atoms with Gasteiger partial charge in [0.05, 0.1) is 30.5 Å². The summed E-state index contributed by atoms with van der Waals surface area (Å²) in [7, 11) is 0. The average Bonchev–Trinajstić information content (AvgIpc) is 2.87. The maximum Gasteiger partial charge on any atom is 0.125 e. The van der Waals surface area contributed by atoms with Crippen LogP contribution in [0.4, 0.5) is 10.1 Å². The molecule has 0 fully saturated rings. The molecular formula is C15H19FN2O2S. The lowest BCUT2D eigenvalue weighted by molar-refractivity contribution is 0.0449. The first-order valence-electron chi connectivity index (χ1n) is 6.79. The molecule has 1 aromatic carbocycles. The van der Waals surface area contributed by atoms with E-state index in [0.29, 0.717) is 18.8 Å². The van der Waals surface area contributed by atoms with Crippen molar-refractivity contribution in [3.05, 3.63) is 46.2 Å². The second kappa shape index (κ2) is 8.07. The molecule has 114 valence electrons. The molecule has 1 aromatic heterocycles. The second-order valence-corrected chi connectivity index (χ2v) is 5.67. The van der Waals surface area contributed by atoms with Gasteiger partial charge in [0.15, 0.2) is 0 Å². The summed E-state index contributed by atoms with van der Waals surface area (Å²) >= 11 is 1.62. The summed E-state index contributed by atoms with van der Waals surface area (Å²) in [4.78, 5) is 5.38. The third kappa shape index (κ3) is 5.41. The number of rotatable bonds is 8. The molecule has 0 aliphatic carbocycles. The van der Waals surface area contributed by atoms with Crippen molar-refractivity contribution in [2.45, 2.75) is 19.4 Å². The van der Waals surface area contributed by atoms with E-state index in [1.165, 1.54) is 17.0 Å². The Balaban J connectivity index is 1.61. The minimum absolute atomic E-state index is 0.250. The lowest BCUT2D eigenvalue weighted by Gasteiger charge is -2.13. The van der Waals surface area contributed by atoms with E-state index < -0.39 is 6.10 Å². The maximum atomic E-state index is 13.0. The van der Waals surface area contributed by atoms with E-state index in [1.807, 2.05) is 12.4 Å². The number of nitrogens with zero attached hydrogens (tertiary/aromatic N) is 1. The van der Waals surface area contributed by atoms with E-state index in [4.69, 9.17) is 4.74 Å². The number of aliphatic hydroxyl groups is 1. The molecule has 2 N–H and O–H groups in total. The number of aliphatic hydroxyl groups excluding tert-OH is 1. The molecule has 1 heterocycles. The van der Waals surface area contributed by atoms with Gasteiger partial charge in [0.25, 0.3) is 0 Å². The van der Waals surface area contributed by atoms with Crippen LogP contribution >= 0.6 is 11.3 Å². The number of benzene rings is 1. The lowest BCUT2D eigenvalue weighted by Crippen LogP contribution is -2.25. The van der Waals surface area contributed by atoms with E-state index in [-0.39, 0.29) is 12.4 Å². The van der Waals surface area contributed by atoms with Crippen LogP contribution < -0.4 is 5.32 Å². The van der Waals surface area contributed by atoms with Crippen molar-refractivity contribution >= 4 is 17.0 Å².